The van der Waals surface area contributed by atoms with E-state index in [1.807, 2.05) is 49.5 Å². The summed E-state index contributed by atoms with van der Waals surface area (Å²) in [5, 5.41) is 13.9. The van der Waals surface area contributed by atoms with Crippen LogP contribution in [-0.2, 0) is 27.3 Å². The zero-order chi connectivity index (χ0) is 40.6. The molecule has 2 saturated heterocycles. The molecule has 2 aromatic carbocycles. The van der Waals surface area contributed by atoms with Crippen molar-refractivity contribution in [2.75, 3.05) is 26.2 Å². The third-order valence-electron chi connectivity index (χ3n) is 12.0. The Morgan fingerprint density at radius 1 is 0.929 bits per heavy atom. The molecule has 0 spiro atoms. The molecular weight excluding hydrogens is 768 g/mol. The lowest BCUT2D eigenvalue weighted by molar-refractivity contribution is -1.01. The van der Waals surface area contributed by atoms with Crippen LogP contribution in [0.2, 0.25) is 23.2 Å². The first kappa shape index (κ1) is 42.8. The molecule has 0 saturated carbocycles. The van der Waals surface area contributed by atoms with E-state index in [0.29, 0.717) is 19.6 Å². The number of quaternary nitrogens is 1. The van der Waals surface area contributed by atoms with Crippen molar-refractivity contribution in [1.82, 2.24) is 9.55 Å². The number of aliphatic hydroxyl groups excluding tert-OH is 1. The number of H-pyrrole nitrogens is 1. The number of amidine groups is 1. The first-order valence-electron chi connectivity index (χ1n) is 19.8. The highest BCUT2D eigenvalue weighted by atomic mass is 31.1. The van der Waals surface area contributed by atoms with E-state index < -0.39 is 70.4 Å². The van der Waals surface area contributed by atoms with Gasteiger partial charge in [0.05, 0.1) is 13.2 Å². The third kappa shape index (κ3) is 8.22. The van der Waals surface area contributed by atoms with Crippen molar-refractivity contribution in [1.29, 1.82) is 0 Å². The second-order valence-electron chi connectivity index (χ2n) is 17.8. The van der Waals surface area contributed by atoms with Crippen LogP contribution in [0.1, 0.15) is 79.9 Å². The van der Waals surface area contributed by atoms with E-state index in [0.717, 1.165) is 52.9 Å². The molecule has 4 heterocycles. The summed E-state index contributed by atoms with van der Waals surface area (Å²) in [5.41, 5.74) is -1.40. The number of aromatic nitrogens is 2. The molecule has 0 radical (unpaired) electrons. The Balaban J connectivity index is 1.50. The molecule has 2 N–H and O–H groups in total. The maximum Gasteiger partial charge on any atom is 0.374 e. The lowest BCUT2D eigenvalue weighted by Crippen LogP contribution is -2.68. The fourth-order valence-electron chi connectivity index (χ4n) is 8.09. The average molecular weight is 828 g/mol. The standard InChI is InChI=1S/C40H59N4O9PSi2/c1-38(2,3)55(7,8)52-40(51-54(48)53-44-27-17-11-16-23-33(44)41-25-18-28-44)32(50-36(35(40)46)43-26-24-34(45)42-37(43)47)29-49-56(39(4,5)6,30-19-12-9-13-20-30)31-21-14-10-15-22-31/h9-10,12-15,19-22,24,26,32,35-36,46,54H,11,16-18,23,25,27-29H2,1-8H3/p+1/t32-,35?,36-,40?,44?/m0/s1. The molecule has 4 unspecified atom stereocenters. The number of aliphatic hydroxyl groups is 1. The fourth-order valence-corrected chi connectivity index (χ4v) is 15.3. The predicted octanol–water partition coefficient (Wildman–Crippen LogP) is 5.62. The Hall–Kier alpha value is -2.83. The van der Waals surface area contributed by atoms with Gasteiger partial charge in [0, 0.05) is 25.1 Å². The van der Waals surface area contributed by atoms with Crippen LogP contribution >= 0.6 is 8.25 Å². The molecule has 0 bridgehead atoms. The highest BCUT2D eigenvalue weighted by molar-refractivity contribution is 7.33. The van der Waals surface area contributed by atoms with Crippen LogP contribution in [0.25, 0.3) is 0 Å². The number of benzene rings is 2. The minimum Gasteiger partial charge on any atom is -0.405 e. The molecule has 0 aliphatic carbocycles. The number of aromatic amines is 1. The molecule has 2 fully saturated rings. The Kier molecular flexibility index (Phi) is 12.6. The van der Waals surface area contributed by atoms with Gasteiger partial charge in [0.1, 0.15) is 19.2 Å². The molecule has 6 atom stereocenters. The minimum absolute atomic E-state index is 0.0109. The maximum atomic E-state index is 14.7. The van der Waals surface area contributed by atoms with Gasteiger partial charge in [0.2, 0.25) is 11.6 Å². The topological polar surface area (TPSA) is 151 Å². The number of nitrogens with one attached hydrogen (secondary N) is 1. The van der Waals surface area contributed by atoms with E-state index in [1.54, 1.807) is 0 Å². The molecule has 3 aliphatic heterocycles. The van der Waals surface area contributed by atoms with Gasteiger partial charge >= 0.3 is 13.9 Å². The van der Waals surface area contributed by atoms with Crippen molar-refractivity contribution in [3.8, 4) is 0 Å². The number of fused-ring (bicyclic) bond motifs is 1. The highest BCUT2D eigenvalue weighted by Gasteiger charge is 2.65. The van der Waals surface area contributed by atoms with E-state index in [9.17, 15) is 19.3 Å². The van der Waals surface area contributed by atoms with Gasteiger partial charge in [0.15, 0.2) is 20.6 Å². The van der Waals surface area contributed by atoms with Crippen LogP contribution < -0.4 is 21.6 Å². The lowest BCUT2D eigenvalue weighted by atomic mass is 10.1. The summed E-state index contributed by atoms with van der Waals surface area (Å²) in [7, 11) is -9.66. The number of hydrogen-bond donors (Lipinski definition) is 2. The van der Waals surface area contributed by atoms with Crippen LogP contribution in [0, 0.1) is 0 Å². The van der Waals surface area contributed by atoms with E-state index in [1.165, 1.54) is 12.3 Å². The summed E-state index contributed by atoms with van der Waals surface area (Å²) in [6, 6.07) is 21.4. The largest absolute Gasteiger partial charge is 0.405 e. The van der Waals surface area contributed by atoms with Crippen molar-refractivity contribution < 1.29 is 37.1 Å². The molecule has 13 nitrogen and oxygen atoms in total. The van der Waals surface area contributed by atoms with Gasteiger partial charge in [-0.15, -0.1) is 9.27 Å². The van der Waals surface area contributed by atoms with Gasteiger partial charge in [-0.2, -0.15) is 0 Å². The molecule has 56 heavy (non-hydrogen) atoms. The number of nitrogens with zero attached hydrogens (tertiary/aromatic N) is 3. The van der Waals surface area contributed by atoms with Crippen molar-refractivity contribution in [3.05, 3.63) is 93.8 Å². The Labute approximate surface area is 332 Å². The Morgan fingerprint density at radius 3 is 2.14 bits per heavy atom. The Morgan fingerprint density at radius 2 is 1.55 bits per heavy atom. The molecule has 1 aromatic heterocycles. The number of hydrogen-bond acceptors (Lipinski definition) is 10. The van der Waals surface area contributed by atoms with Gasteiger partial charge in [-0.25, -0.2) is 9.79 Å². The number of hydroxylamine groups is 3. The summed E-state index contributed by atoms with van der Waals surface area (Å²) < 4.78 is 50.3. The maximum absolute atomic E-state index is 14.7. The van der Waals surface area contributed by atoms with Crippen LogP contribution in [0.4, 0.5) is 0 Å². The summed E-state index contributed by atoms with van der Waals surface area (Å²) in [4.78, 5) is 32.6. The van der Waals surface area contributed by atoms with Crippen LogP contribution in [0.3, 0.4) is 0 Å². The monoisotopic (exact) mass is 827 g/mol. The smallest absolute Gasteiger partial charge is 0.374 e. The molecule has 3 aliphatic rings. The summed E-state index contributed by atoms with van der Waals surface area (Å²) >= 11 is 0. The van der Waals surface area contributed by atoms with E-state index in [4.69, 9.17) is 27.7 Å². The second-order valence-corrected chi connectivity index (χ2v) is 27.7. The Bertz CT molecular complexity index is 1960. The van der Waals surface area contributed by atoms with Crippen molar-refractivity contribution in [2.24, 2.45) is 4.99 Å². The number of ether oxygens (including phenoxy) is 1. The number of aliphatic imine (C=N–C) groups is 1. The van der Waals surface area contributed by atoms with Crippen LogP contribution in [0.5, 0.6) is 0 Å². The predicted molar refractivity (Wildman–Crippen MR) is 222 cm³/mol. The minimum atomic E-state index is -3.50. The van der Waals surface area contributed by atoms with Gasteiger partial charge in [-0.1, -0.05) is 102 Å². The summed E-state index contributed by atoms with van der Waals surface area (Å²) in [5.74, 6) is -1.29. The van der Waals surface area contributed by atoms with E-state index in [-0.39, 0.29) is 11.3 Å². The fraction of sp³-hybridized carbons (Fsp3) is 0.575. The summed E-state index contributed by atoms with van der Waals surface area (Å²) in [6.07, 6.45) is 1.25. The zero-order valence-corrected chi connectivity index (χ0v) is 37.1. The molecule has 6 rings (SSSR count). The molecule has 3 aromatic rings. The lowest BCUT2D eigenvalue weighted by Gasteiger charge is -2.47. The summed E-state index contributed by atoms with van der Waals surface area (Å²) in [6.45, 7) is 18.4. The van der Waals surface area contributed by atoms with Gasteiger partial charge < -0.3 is 18.7 Å². The molecular formula is C40H60N4O9PSi2+. The van der Waals surface area contributed by atoms with Crippen molar-refractivity contribution in [2.45, 2.75) is 121 Å². The van der Waals surface area contributed by atoms with Crippen LogP contribution in [0.15, 0.2) is 87.5 Å². The molecule has 0 amide bonds. The quantitative estimate of drug-likeness (QED) is 0.103. The SMILES string of the molecule is CC(C)(C)[Si](C)(C)OC1(O[PH](=O)O[N+]23CCCCCC2=NCCC3)C(O)[C@@H](n2ccc(=O)[nH]c2=O)O[C@H]1CO[Si](c1ccccc1)(c1ccccc1)C(C)(C)C. The van der Waals surface area contributed by atoms with E-state index in [2.05, 4.69) is 70.8 Å². The first-order valence-corrected chi connectivity index (χ1v) is 25.8. The van der Waals surface area contributed by atoms with Crippen molar-refractivity contribution in [3.63, 3.8) is 0 Å². The molecule has 306 valence electrons. The van der Waals surface area contributed by atoms with Crippen molar-refractivity contribution >= 4 is 41.1 Å². The highest BCUT2D eigenvalue weighted by Crippen LogP contribution is 2.52. The van der Waals surface area contributed by atoms with Gasteiger partial charge in [-0.05, 0) is 52.8 Å². The van der Waals surface area contributed by atoms with E-state index >= 15 is 0 Å². The average Bonchev–Trinajstić information content (AvgIpc) is 3.24. The third-order valence-corrected chi connectivity index (χ3v) is 22.4. The first-order chi connectivity index (χ1) is 26.4. The van der Waals surface area contributed by atoms with Crippen LogP contribution in [-0.4, -0.2) is 86.0 Å². The van der Waals surface area contributed by atoms with Gasteiger partial charge in [0.25, 0.3) is 13.9 Å². The zero-order valence-electron chi connectivity index (χ0n) is 34.1. The normalized spacial score (nSPS) is 26.9. The second kappa shape index (κ2) is 16.4. The number of rotatable bonds is 12. The molecule has 16 heteroatoms. The van der Waals surface area contributed by atoms with Gasteiger partial charge in [-0.3, -0.25) is 23.4 Å².